The maximum Gasteiger partial charge on any atom is 0.412 e. The summed E-state index contributed by atoms with van der Waals surface area (Å²) in [6.07, 6.45) is 2.66. The number of carbonyl (C=O) groups is 1. The third kappa shape index (κ3) is 4.63. The summed E-state index contributed by atoms with van der Waals surface area (Å²) in [6, 6.07) is 5.57. The first-order valence-electron chi connectivity index (χ1n) is 8.06. The van der Waals surface area contributed by atoms with Gasteiger partial charge in [0.1, 0.15) is 17.6 Å². The van der Waals surface area contributed by atoms with Gasteiger partial charge < -0.3 is 19.7 Å². The molecule has 5 nitrogen and oxygen atoms in total. The Labute approximate surface area is 132 Å². The molecule has 1 aromatic rings. The van der Waals surface area contributed by atoms with E-state index in [2.05, 4.69) is 24.2 Å². The molecule has 0 aromatic heterocycles. The molecular formula is C17H26N2O3. The van der Waals surface area contributed by atoms with Gasteiger partial charge in [-0.3, -0.25) is 0 Å². The number of benzene rings is 1. The minimum atomic E-state index is -0.403. The molecule has 22 heavy (non-hydrogen) atoms. The van der Waals surface area contributed by atoms with E-state index in [1.807, 2.05) is 19.1 Å². The lowest BCUT2D eigenvalue weighted by atomic mass is 10.1. The number of carbonyl (C=O) groups excluding carboxylic acids is 1. The van der Waals surface area contributed by atoms with E-state index < -0.39 is 6.09 Å². The van der Waals surface area contributed by atoms with Crippen LogP contribution in [0.4, 0.5) is 4.79 Å². The number of nitrogens with one attached hydrogen (secondary N) is 1. The van der Waals surface area contributed by atoms with Gasteiger partial charge in [-0.15, -0.1) is 0 Å². The Kier molecular flexibility index (Phi) is 6.07. The fourth-order valence-corrected chi connectivity index (χ4v) is 2.65. The number of hydrogen-bond donors (Lipinski definition) is 1. The van der Waals surface area contributed by atoms with Gasteiger partial charge in [0, 0.05) is 25.1 Å². The molecule has 122 valence electrons. The number of ether oxygens (including phenoxy) is 2. The molecule has 1 unspecified atom stereocenters. The second-order valence-electron chi connectivity index (χ2n) is 5.79. The topological polar surface area (TPSA) is 50.8 Å². The van der Waals surface area contributed by atoms with E-state index in [0.717, 1.165) is 43.7 Å². The van der Waals surface area contributed by atoms with Gasteiger partial charge in [0.15, 0.2) is 0 Å². The summed E-state index contributed by atoms with van der Waals surface area (Å²) in [7, 11) is 2.11. The predicted octanol–water partition coefficient (Wildman–Crippen LogP) is 2.83. The summed E-state index contributed by atoms with van der Waals surface area (Å²) < 4.78 is 11.2. The van der Waals surface area contributed by atoms with E-state index in [0.29, 0.717) is 12.3 Å². The number of rotatable bonds is 7. The molecule has 0 aliphatic carbocycles. The molecule has 0 saturated carbocycles. The minimum absolute atomic E-state index is 0.177. The quantitative estimate of drug-likeness (QED) is 0.841. The highest BCUT2D eigenvalue weighted by molar-refractivity contribution is 5.70. The van der Waals surface area contributed by atoms with E-state index in [-0.39, 0.29) is 6.10 Å². The van der Waals surface area contributed by atoms with Gasteiger partial charge >= 0.3 is 6.09 Å². The molecule has 2 rings (SSSR count). The molecule has 1 aromatic carbocycles. The fraction of sp³-hybridized carbons (Fsp3) is 0.588. The summed E-state index contributed by atoms with van der Waals surface area (Å²) in [6.45, 7) is 6.78. The Morgan fingerprint density at radius 2 is 2.23 bits per heavy atom. The Morgan fingerprint density at radius 3 is 2.95 bits per heavy atom. The van der Waals surface area contributed by atoms with Crippen molar-refractivity contribution in [2.45, 2.75) is 39.2 Å². The number of fused-ring (bicyclic) bond motifs is 1. The lowest BCUT2D eigenvalue weighted by Gasteiger charge is -2.19. The van der Waals surface area contributed by atoms with Crippen LogP contribution in [0.15, 0.2) is 18.2 Å². The number of hydrogen-bond acceptors (Lipinski definition) is 4. The summed E-state index contributed by atoms with van der Waals surface area (Å²) in [4.78, 5) is 13.9. The average Bonchev–Trinajstić information content (AvgIpc) is 2.86. The molecule has 1 aliphatic rings. The molecular weight excluding hydrogens is 280 g/mol. The first-order valence-corrected chi connectivity index (χ1v) is 8.06. The van der Waals surface area contributed by atoms with E-state index in [1.165, 1.54) is 0 Å². The van der Waals surface area contributed by atoms with E-state index in [9.17, 15) is 4.79 Å². The third-order valence-electron chi connectivity index (χ3n) is 3.62. The molecule has 0 spiro atoms. The van der Waals surface area contributed by atoms with Crippen LogP contribution in [0.5, 0.6) is 11.5 Å². The SMILES string of the molecule is CCCNC(=O)Oc1ccc2c(c1)CC(CN(C)CCC)O2. The van der Waals surface area contributed by atoms with Crippen molar-refractivity contribution in [1.82, 2.24) is 10.2 Å². The Balaban J connectivity index is 1.90. The highest BCUT2D eigenvalue weighted by atomic mass is 16.6. The second-order valence-corrected chi connectivity index (χ2v) is 5.79. The Bertz CT molecular complexity index is 505. The van der Waals surface area contributed by atoms with Crippen LogP contribution in [0, 0.1) is 0 Å². The maximum absolute atomic E-state index is 11.6. The maximum atomic E-state index is 11.6. The molecule has 1 aliphatic heterocycles. The van der Waals surface area contributed by atoms with Crippen molar-refractivity contribution >= 4 is 6.09 Å². The fourth-order valence-electron chi connectivity index (χ4n) is 2.65. The average molecular weight is 306 g/mol. The molecule has 1 N–H and O–H groups in total. The summed E-state index contributed by atoms with van der Waals surface area (Å²) in [5, 5.41) is 2.70. The standard InChI is InChI=1S/C17H26N2O3/c1-4-8-18-17(20)22-14-6-7-16-13(10-14)11-15(21-16)12-19(3)9-5-2/h6-7,10,15H,4-5,8-9,11-12H2,1-3H3,(H,18,20). The largest absolute Gasteiger partial charge is 0.488 e. The van der Waals surface area contributed by atoms with Gasteiger partial charge in [-0.1, -0.05) is 13.8 Å². The van der Waals surface area contributed by atoms with E-state index >= 15 is 0 Å². The van der Waals surface area contributed by atoms with Crippen molar-refractivity contribution < 1.29 is 14.3 Å². The van der Waals surface area contributed by atoms with Crippen LogP contribution >= 0.6 is 0 Å². The van der Waals surface area contributed by atoms with Crippen molar-refractivity contribution in [2.75, 3.05) is 26.7 Å². The molecule has 0 radical (unpaired) electrons. The van der Waals surface area contributed by atoms with Crippen molar-refractivity contribution in [3.05, 3.63) is 23.8 Å². The molecule has 0 bridgehead atoms. The zero-order valence-electron chi connectivity index (χ0n) is 13.7. The smallest absolute Gasteiger partial charge is 0.412 e. The number of nitrogens with zero attached hydrogens (tertiary/aromatic N) is 1. The van der Waals surface area contributed by atoms with Crippen LogP contribution in [-0.4, -0.2) is 43.8 Å². The molecule has 1 heterocycles. The zero-order chi connectivity index (χ0) is 15.9. The number of likely N-dealkylation sites (N-methyl/N-ethyl adjacent to an activating group) is 1. The minimum Gasteiger partial charge on any atom is -0.488 e. The van der Waals surface area contributed by atoms with Gasteiger partial charge in [-0.05, 0) is 44.6 Å². The summed E-state index contributed by atoms with van der Waals surface area (Å²) in [5.41, 5.74) is 1.11. The van der Waals surface area contributed by atoms with Crippen molar-refractivity contribution in [2.24, 2.45) is 0 Å². The van der Waals surface area contributed by atoms with E-state index in [4.69, 9.17) is 9.47 Å². The monoisotopic (exact) mass is 306 g/mol. The van der Waals surface area contributed by atoms with Gasteiger partial charge in [-0.2, -0.15) is 0 Å². The van der Waals surface area contributed by atoms with Crippen molar-refractivity contribution in [3.63, 3.8) is 0 Å². The Morgan fingerprint density at radius 1 is 1.41 bits per heavy atom. The molecule has 0 saturated heterocycles. The van der Waals surface area contributed by atoms with E-state index in [1.54, 1.807) is 6.07 Å². The molecule has 1 atom stereocenters. The first-order chi connectivity index (χ1) is 10.6. The lowest BCUT2D eigenvalue weighted by Crippen LogP contribution is -2.32. The van der Waals surface area contributed by atoms with Crippen molar-refractivity contribution in [3.8, 4) is 11.5 Å². The molecule has 0 fully saturated rings. The van der Waals surface area contributed by atoms with Crippen LogP contribution in [-0.2, 0) is 6.42 Å². The van der Waals surface area contributed by atoms with Gasteiger partial charge in [0.2, 0.25) is 0 Å². The second kappa shape index (κ2) is 8.03. The summed E-state index contributed by atoms with van der Waals surface area (Å²) in [5.74, 6) is 1.47. The molecule has 1 amide bonds. The third-order valence-corrected chi connectivity index (χ3v) is 3.62. The van der Waals surface area contributed by atoms with Gasteiger partial charge in [0.25, 0.3) is 0 Å². The predicted molar refractivity (Wildman–Crippen MR) is 86.7 cm³/mol. The van der Waals surface area contributed by atoms with Crippen LogP contribution in [0.3, 0.4) is 0 Å². The zero-order valence-corrected chi connectivity index (χ0v) is 13.7. The normalized spacial score (nSPS) is 16.3. The first kappa shape index (κ1) is 16.6. The van der Waals surface area contributed by atoms with Crippen LogP contribution in [0.1, 0.15) is 32.3 Å². The molecule has 5 heteroatoms. The van der Waals surface area contributed by atoms with Gasteiger partial charge in [0.05, 0.1) is 0 Å². The Hall–Kier alpha value is -1.75. The highest BCUT2D eigenvalue weighted by Gasteiger charge is 2.24. The van der Waals surface area contributed by atoms with Crippen molar-refractivity contribution in [1.29, 1.82) is 0 Å². The summed E-state index contributed by atoms with van der Waals surface area (Å²) >= 11 is 0. The van der Waals surface area contributed by atoms with Crippen LogP contribution in [0.2, 0.25) is 0 Å². The van der Waals surface area contributed by atoms with Gasteiger partial charge in [-0.25, -0.2) is 4.79 Å². The van der Waals surface area contributed by atoms with Crippen LogP contribution in [0.25, 0.3) is 0 Å². The highest BCUT2D eigenvalue weighted by Crippen LogP contribution is 2.32. The number of amides is 1. The lowest BCUT2D eigenvalue weighted by molar-refractivity contribution is 0.169. The van der Waals surface area contributed by atoms with Crippen LogP contribution < -0.4 is 14.8 Å².